The van der Waals surface area contributed by atoms with Crippen LogP contribution in [0.1, 0.15) is 44.9 Å². The van der Waals surface area contributed by atoms with Crippen LogP contribution in [0, 0.1) is 17.2 Å². The van der Waals surface area contributed by atoms with E-state index in [9.17, 15) is 18.7 Å². The van der Waals surface area contributed by atoms with Gasteiger partial charge >= 0.3 is 0 Å². The molecule has 7 heteroatoms. The van der Waals surface area contributed by atoms with Gasteiger partial charge in [0.1, 0.15) is 5.82 Å². The maximum absolute atomic E-state index is 14.1. The third-order valence-electron chi connectivity index (χ3n) is 6.36. The van der Waals surface area contributed by atoms with E-state index in [-0.39, 0.29) is 23.7 Å². The summed E-state index contributed by atoms with van der Waals surface area (Å²) in [6, 6.07) is 1.37. The Kier molecular flexibility index (Phi) is 4.59. The van der Waals surface area contributed by atoms with Gasteiger partial charge in [0.25, 0.3) is 0 Å². The molecular weight excluding hydrogens is 340 g/mol. The Labute approximate surface area is 152 Å². The van der Waals surface area contributed by atoms with Gasteiger partial charge in [-0.25, -0.2) is 9.37 Å². The van der Waals surface area contributed by atoms with Gasteiger partial charge in [-0.2, -0.15) is 4.39 Å². The van der Waals surface area contributed by atoms with Crippen molar-refractivity contribution in [3.05, 3.63) is 24.0 Å². The molecule has 1 aliphatic carbocycles. The number of nitrogens with zero attached hydrogens (tertiary/aromatic N) is 3. The van der Waals surface area contributed by atoms with Gasteiger partial charge in [-0.1, -0.05) is 0 Å². The van der Waals surface area contributed by atoms with Crippen LogP contribution in [0.2, 0.25) is 0 Å². The number of carbonyl (C=O) groups is 1. The molecule has 1 atom stereocenters. The van der Waals surface area contributed by atoms with Crippen molar-refractivity contribution in [1.29, 1.82) is 0 Å². The van der Waals surface area contributed by atoms with Crippen molar-refractivity contribution in [3.8, 4) is 0 Å². The van der Waals surface area contributed by atoms with Crippen molar-refractivity contribution in [2.24, 2.45) is 5.41 Å². The van der Waals surface area contributed by atoms with E-state index < -0.39 is 17.2 Å². The number of hydrogen-bond acceptors (Lipinski definition) is 4. The normalized spacial score (nSPS) is 32.5. The van der Waals surface area contributed by atoms with Gasteiger partial charge in [-0.05, 0) is 44.9 Å². The summed E-state index contributed by atoms with van der Waals surface area (Å²) in [6.45, 7) is 1.74. The number of aromatic nitrogens is 1. The summed E-state index contributed by atoms with van der Waals surface area (Å²) < 4.78 is 27.6. The van der Waals surface area contributed by atoms with Crippen LogP contribution in [0.15, 0.2) is 12.3 Å². The number of aliphatic hydroxyl groups is 1. The molecule has 1 amide bonds. The fourth-order valence-electron chi connectivity index (χ4n) is 4.92. The van der Waals surface area contributed by atoms with Gasteiger partial charge in [-0.3, -0.25) is 4.79 Å². The largest absolute Gasteiger partial charge is 0.393 e. The maximum atomic E-state index is 14.1. The first kappa shape index (κ1) is 17.6. The van der Waals surface area contributed by atoms with Crippen LogP contribution in [0.25, 0.3) is 0 Å². The third kappa shape index (κ3) is 3.06. The van der Waals surface area contributed by atoms with E-state index in [1.165, 1.54) is 6.07 Å². The zero-order valence-corrected chi connectivity index (χ0v) is 14.8. The van der Waals surface area contributed by atoms with Gasteiger partial charge in [0.15, 0.2) is 0 Å². The van der Waals surface area contributed by atoms with Gasteiger partial charge in [0.2, 0.25) is 11.9 Å². The number of piperidine rings is 1. The van der Waals surface area contributed by atoms with E-state index in [4.69, 9.17) is 0 Å². The Hall–Kier alpha value is -1.76. The molecule has 26 heavy (non-hydrogen) atoms. The zero-order valence-electron chi connectivity index (χ0n) is 14.8. The summed E-state index contributed by atoms with van der Waals surface area (Å²) in [7, 11) is 0. The lowest BCUT2D eigenvalue weighted by Gasteiger charge is -2.41. The van der Waals surface area contributed by atoms with Crippen LogP contribution < -0.4 is 4.90 Å². The molecule has 1 N–H and O–H groups in total. The number of likely N-dealkylation sites (tertiary alicyclic amines) is 1. The smallest absolute Gasteiger partial charge is 0.236 e. The minimum Gasteiger partial charge on any atom is -0.393 e. The molecule has 1 unspecified atom stereocenters. The van der Waals surface area contributed by atoms with Crippen LogP contribution in [-0.2, 0) is 4.79 Å². The SMILES string of the molecule is O=C1N(C2CCC(O)CC2)CCC12CCCN(c1cc(F)cnc1F)C2. The molecule has 1 saturated carbocycles. The van der Waals surface area contributed by atoms with Gasteiger partial charge in [0.05, 0.1) is 23.4 Å². The van der Waals surface area contributed by atoms with Crippen LogP contribution in [0.5, 0.6) is 0 Å². The molecule has 142 valence electrons. The van der Waals surface area contributed by atoms with Crippen LogP contribution >= 0.6 is 0 Å². The fourth-order valence-corrected chi connectivity index (χ4v) is 4.92. The molecule has 0 aromatic carbocycles. The van der Waals surface area contributed by atoms with Crippen molar-refractivity contribution < 1.29 is 18.7 Å². The van der Waals surface area contributed by atoms with Gasteiger partial charge in [0, 0.05) is 31.7 Å². The number of halogens is 2. The van der Waals surface area contributed by atoms with Crippen molar-refractivity contribution in [2.45, 2.75) is 57.1 Å². The Morgan fingerprint density at radius 1 is 1.15 bits per heavy atom. The number of aliphatic hydroxyl groups excluding tert-OH is 1. The first-order valence-electron chi connectivity index (χ1n) is 9.54. The Morgan fingerprint density at radius 2 is 1.92 bits per heavy atom. The number of rotatable bonds is 2. The Morgan fingerprint density at radius 3 is 2.69 bits per heavy atom. The molecule has 0 bridgehead atoms. The molecule has 2 aliphatic heterocycles. The van der Waals surface area contributed by atoms with Crippen LogP contribution in [-0.4, -0.2) is 52.7 Å². The lowest BCUT2D eigenvalue weighted by molar-refractivity contribution is -0.139. The summed E-state index contributed by atoms with van der Waals surface area (Å²) >= 11 is 0. The summed E-state index contributed by atoms with van der Waals surface area (Å²) in [4.78, 5) is 20.5. The summed E-state index contributed by atoms with van der Waals surface area (Å²) in [5.74, 6) is -1.11. The molecule has 3 aliphatic rings. The Balaban J connectivity index is 1.51. The molecule has 4 rings (SSSR count). The number of amides is 1. The first-order valence-corrected chi connectivity index (χ1v) is 9.54. The predicted molar refractivity (Wildman–Crippen MR) is 92.6 cm³/mol. The molecule has 1 aromatic rings. The second-order valence-corrected chi connectivity index (χ2v) is 7.98. The Bertz CT molecular complexity index is 693. The maximum Gasteiger partial charge on any atom is 0.236 e. The quantitative estimate of drug-likeness (QED) is 0.818. The van der Waals surface area contributed by atoms with E-state index in [0.29, 0.717) is 13.1 Å². The monoisotopic (exact) mass is 365 g/mol. The van der Waals surface area contributed by atoms with Crippen molar-refractivity contribution in [3.63, 3.8) is 0 Å². The second-order valence-electron chi connectivity index (χ2n) is 7.98. The summed E-state index contributed by atoms with van der Waals surface area (Å²) in [5.41, 5.74) is -0.358. The molecule has 0 radical (unpaired) electrons. The van der Waals surface area contributed by atoms with E-state index in [1.54, 1.807) is 4.90 Å². The molecule has 2 saturated heterocycles. The van der Waals surface area contributed by atoms with Crippen LogP contribution in [0.3, 0.4) is 0 Å². The highest BCUT2D eigenvalue weighted by Gasteiger charge is 2.50. The zero-order chi connectivity index (χ0) is 18.3. The summed E-state index contributed by atoms with van der Waals surface area (Å²) in [5, 5.41) is 9.70. The molecule has 1 aromatic heterocycles. The van der Waals surface area contributed by atoms with E-state index >= 15 is 0 Å². The topological polar surface area (TPSA) is 56.7 Å². The predicted octanol–water partition coefficient (Wildman–Crippen LogP) is 2.48. The first-order chi connectivity index (χ1) is 12.5. The fraction of sp³-hybridized carbons (Fsp3) is 0.684. The minimum absolute atomic E-state index is 0.147. The van der Waals surface area contributed by atoms with Crippen molar-refractivity contribution in [1.82, 2.24) is 9.88 Å². The van der Waals surface area contributed by atoms with E-state index in [0.717, 1.165) is 57.7 Å². The highest BCUT2D eigenvalue weighted by atomic mass is 19.1. The van der Waals surface area contributed by atoms with Crippen LogP contribution in [0.4, 0.5) is 14.5 Å². The second kappa shape index (κ2) is 6.76. The van der Waals surface area contributed by atoms with E-state index in [2.05, 4.69) is 4.98 Å². The van der Waals surface area contributed by atoms with Crippen molar-refractivity contribution >= 4 is 11.6 Å². The van der Waals surface area contributed by atoms with Gasteiger partial charge in [-0.15, -0.1) is 0 Å². The average Bonchev–Trinajstić information content (AvgIpc) is 2.94. The average molecular weight is 365 g/mol. The number of carbonyl (C=O) groups excluding carboxylic acids is 1. The highest BCUT2D eigenvalue weighted by Crippen LogP contribution is 2.43. The lowest BCUT2D eigenvalue weighted by atomic mass is 9.78. The third-order valence-corrected chi connectivity index (χ3v) is 6.36. The van der Waals surface area contributed by atoms with Crippen molar-refractivity contribution in [2.75, 3.05) is 24.5 Å². The molecule has 5 nitrogen and oxygen atoms in total. The molecular formula is C19H25F2N3O2. The minimum atomic E-state index is -0.688. The number of pyridine rings is 1. The standard InChI is InChI=1S/C19H25F2N3O2/c20-13-10-16(17(21)22-11-13)23-8-1-6-19(12-23)7-9-24(18(19)26)14-2-4-15(25)5-3-14/h10-11,14-15,25H,1-9,12H2. The van der Waals surface area contributed by atoms with E-state index in [1.807, 2.05) is 4.90 Å². The molecule has 3 heterocycles. The number of anilines is 1. The summed E-state index contributed by atoms with van der Waals surface area (Å²) in [6.07, 6.45) is 6.12. The molecule has 3 fully saturated rings. The van der Waals surface area contributed by atoms with Gasteiger partial charge < -0.3 is 14.9 Å². The molecule has 1 spiro atoms. The lowest BCUT2D eigenvalue weighted by Crippen LogP contribution is -2.50. The number of hydrogen-bond donors (Lipinski definition) is 1. The highest BCUT2D eigenvalue weighted by molar-refractivity contribution is 5.86.